The molecule has 0 radical (unpaired) electrons. The van der Waals surface area contributed by atoms with Gasteiger partial charge in [0.05, 0.1) is 5.02 Å². The van der Waals surface area contributed by atoms with Gasteiger partial charge in [-0.15, -0.1) is 0 Å². The van der Waals surface area contributed by atoms with E-state index >= 15 is 0 Å². The van der Waals surface area contributed by atoms with Gasteiger partial charge >= 0.3 is 0 Å². The monoisotopic (exact) mass is 388 g/mol. The van der Waals surface area contributed by atoms with E-state index in [1.54, 1.807) is 33.0 Å². The van der Waals surface area contributed by atoms with Crippen molar-refractivity contribution in [3.8, 4) is 0 Å². The zero-order valence-corrected chi connectivity index (χ0v) is 16.0. The van der Waals surface area contributed by atoms with Crippen molar-refractivity contribution in [3.05, 3.63) is 40.3 Å². The van der Waals surface area contributed by atoms with Gasteiger partial charge in [-0.2, -0.15) is 0 Å². The summed E-state index contributed by atoms with van der Waals surface area (Å²) in [6.07, 6.45) is 1.58. The zero-order valence-electron chi connectivity index (χ0n) is 13.7. The molecular weight excluding hydrogens is 371 g/mol. The predicted molar refractivity (Wildman–Crippen MR) is 96.6 cm³/mol. The van der Waals surface area contributed by atoms with Crippen LogP contribution < -0.4 is 10.0 Å². The van der Waals surface area contributed by atoms with E-state index in [2.05, 4.69) is 20.0 Å². The van der Waals surface area contributed by atoms with Gasteiger partial charge in [-0.05, 0) is 57.5 Å². The average Bonchev–Trinajstić information content (AvgIpc) is 2.42. The highest BCUT2D eigenvalue weighted by Crippen LogP contribution is 2.28. The average molecular weight is 389 g/mol. The van der Waals surface area contributed by atoms with Gasteiger partial charge in [0.15, 0.2) is 0 Å². The van der Waals surface area contributed by atoms with Crippen LogP contribution >= 0.6 is 23.2 Å². The van der Waals surface area contributed by atoms with Gasteiger partial charge in [0.25, 0.3) is 0 Å². The van der Waals surface area contributed by atoms with Crippen LogP contribution in [0.25, 0.3) is 0 Å². The predicted octanol–water partition coefficient (Wildman–Crippen LogP) is 3.91. The number of hydrogen-bond acceptors (Lipinski definition) is 5. The lowest BCUT2D eigenvalue weighted by atomic mass is 10.1. The Labute approximate surface area is 151 Å². The Balaban J connectivity index is 2.40. The maximum Gasteiger partial charge on any atom is 0.242 e. The van der Waals surface area contributed by atoms with Gasteiger partial charge in [-0.1, -0.05) is 11.6 Å². The molecule has 6 nitrogen and oxygen atoms in total. The Morgan fingerprint density at radius 3 is 2.46 bits per heavy atom. The molecular formula is C15H18Cl2N4O2S. The third-order valence-corrected chi connectivity index (χ3v) is 5.29. The Bertz CT molecular complexity index is 864. The summed E-state index contributed by atoms with van der Waals surface area (Å²) in [5.41, 5.74) is 0.667. The van der Waals surface area contributed by atoms with E-state index in [0.717, 1.165) is 5.56 Å². The van der Waals surface area contributed by atoms with Crippen molar-refractivity contribution in [1.29, 1.82) is 0 Å². The van der Waals surface area contributed by atoms with Crippen LogP contribution in [0, 0.1) is 6.92 Å². The molecule has 1 aromatic heterocycles. The van der Waals surface area contributed by atoms with Gasteiger partial charge in [0, 0.05) is 23.0 Å². The first kappa shape index (κ1) is 18.9. The lowest BCUT2D eigenvalue weighted by Gasteiger charge is -2.21. The van der Waals surface area contributed by atoms with E-state index in [0.29, 0.717) is 11.5 Å². The normalized spacial score (nSPS) is 12.2. The lowest BCUT2D eigenvalue weighted by molar-refractivity contribution is 0.491. The number of nitrogens with zero attached hydrogens (tertiary/aromatic N) is 2. The minimum Gasteiger partial charge on any atom is -0.340 e. The van der Waals surface area contributed by atoms with Crippen LogP contribution in [-0.4, -0.2) is 23.9 Å². The zero-order chi connectivity index (χ0) is 18.1. The van der Waals surface area contributed by atoms with Crippen molar-refractivity contribution in [2.75, 3.05) is 5.32 Å². The molecule has 0 amide bonds. The van der Waals surface area contributed by atoms with Crippen molar-refractivity contribution >= 4 is 44.7 Å². The highest BCUT2D eigenvalue weighted by molar-refractivity contribution is 7.89. The molecule has 9 heteroatoms. The Hall–Kier alpha value is -1.41. The molecule has 0 saturated heterocycles. The number of aromatic nitrogens is 2. The third-order valence-electron chi connectivity index (χ3n) is 2.87. The van der Waals surface area contributed by atoms with E-state index in [9.17, 15) is 8.42 Å². The molecule has 0 saturated carbocycles. The molecule has 2 aromatic rings. The summed E-state index contributed by atoms with van der Waals surface area (Å²) < 4.78 is 27.6. The smallest absolute Gasteiger partial charge is 0.242 e. The van der Waals surface area contributed by atoms with Crippen molar-refractivity contribution < 1.29 is 8.42 Å². The number of hydrogen-bond donors (Lipinski definition) is 2. The molecule has 0 atom stereocenters. The number of aryl methyl sites for hydroxylation is 1. The fourth-order valence-electron chi connectivity index (χ4n) is 1.93. The van der Waals surface area contributed by atoms with Gasteiger partial charge < -0.3 is 5.32 Å². The molecule has 2 N–H and O–H groups in total. The molecule has 1 aromatic carbocycles. The summed E-state index contributed by atoms with van der Waals surface area (Å²) in [6.45, 7) is 7.08. The Morgan fingerprint density at radius 2 is 1.83 bits per heavy atom. The third kappa shape index (κ3) is 4.80. The van der Waals surface area contributed by atoms with Crippen LogP contribution in [0.3, 0.4) is 0 Å². The van der Waals surface area contributed by atoms with E-state index in [1.165, 1.54) is 12.1 Å². The highest BCUT2D eigenvalue weighted by Gasteiger charge is 2.24. The fraction of sp³-hybridized carbons (Fsp3) is 0.333. The minimum atomic E-state index is -3.76. The molecule has 0 aliphatic carbocycles. The molecule has 0 aliphatic heterocycles. The second kappa shape index (κ2) is 6.84. The molecule has 2 rings (SSSR count). The Kier molecular flexibility index (Phi) is 5.39. The van der Waals surface area contributed by atoms with E-state index in [1.807, 2.05) is 6.92 Å². The topological polar surface area (TPSA) is 84.0 Å². The van der Waals surface area contributed by atoms with Gasteiger partial charge in [0.1, 0.15) is 10.7 Å². The number of benzene rings is 1. The summed E-state index contributed by atoms with van der Waals surface area (Å²) in [5.74, 6) is 0.490. The molecule has 0 unspecified atom stereocenters. The number of nitrogens with one attached hydrogen (secondary N) is 2. The molecule has 130 valence electrons. The molecule has 1 heterocycles. The van der Waals surface area contributed by atoms with E-state index < -0.39 is 15.6 Å². The van der Waals surface area contributed by atoms with Crippen LogP contribution in [-0.2, 0) is 10.0 Å². The van der Waals surface area contributed by atoms with Crippen LogP contribution in [0.5, 0.6) is 0 Å². The number of halogens is 2. The lowest BCUT2D eigenvalue weighted by Crippen LogP contribution is -2.40. The van der Waals surface area contributed by atoms with Crippen molar-refractivity contribution in [2.45, 2.75) is 38.1 Å². The van der Waals surface area contributed by atoms with Crippen molar-refractivity contribution in [3.63, 3.8) is 0 Å². The molecule has 0 bridgehead atoms. The first-order chi connectivity index (χ1) is 11.0. The highest BCUT2D eigenvalue weighted by atomic mass is 35.5. The fourth-order valence-corrected chi connectivity index (χ4v) is 4.01. The minimum absolute atomic E-state index is 0.0121. The Morgan fingerprint density at radius 1 is 1.17 bits per heavy atom. The summed E-state index contributed by atoms with van der Waals surface area (Å²) in [7, 11) is -3.76. The summed E-state index contributed by atoms with van der Waals surface area (Å²) >= 11 is 11.9. The van der Waals surface area contributed by atoms with Crippen LogP contribution in [0.4, 0.5) is 11.5 Å². The van der Waals surface area contributed by atoms with Gasteiger partial charge in [-0.3, -0.25) is 0 Å². The number of sulfonamides is 1. The van der Waals surface area contributed by atoms with Crippen molar-refractivity contribution in [1.82, 2.24) is 14.7 Å². The summed E-state index contributed by atoms with van der Waals surface area (Å²) in [5, 5.41) is 3.26. The van der Waals surface area contributed by atoms with Gasteiger partial charge in [0.2, 0.25) is 15.3 Å². The van der Waals surface area contributed by atoms with E-state index in [-0.39, 0.29) is 15.2 Å². The van der Waals surface area contributed by atoms with Gasteiger partial charge in [-0.25, -0.2) is 23.1 Å². The molecule has 0 fully saturated rings. The van der Waals surface area contributed by atoms with Crippen LogP contribution in [0.1, 0.15) is 26.3 Å². The second-order valence-electron chi connectivity index (χ2n) is 6.30. The first-order valence-corrected chi connectivity index (χ1v) is 9.31. The quantitative estimate of drug-likeness (QED) is 0.775. The van der Waals surface area contributed by atoms with Crippen molar-refractivity contribution in [2.24, 2.45) is 0 Å². The second-order valence-corrected chi connectivity index (χ2v) is 8.69. The molecule has 0 spiro atoms. The standard InChI is InChI=1S/C15H18Cl2N4O2S/c1-9-8-18-14(17)20-13(9)19-10-5-6-11(16)12(7-10)24(22,23)21-15(2,3)4/h5-8,21H,1-4H3,(H,18,19,20). The largest absolute Gasteiger partial charge is 0.340 e. The molecule has 0 aliphatic rings. The van der Waals surface area contributed by atoms with E-state index in [4.69, 9.17) is 23.2 Å². The summed E-state index contributed by atoms with van der Waals surface area (Å²) in [4.78, 5) is 7.95. The number of rotatable bonds is 4. The SMILES string of the molecule is Cc1cnc(Cl)nc1Nc1ccc(Cl)c(S(=O)(=O)NC(C)(C)C)c1. The van der Waals surface area contributed by atoms with Crippen LogP contribution in [0.15, 0.2) is 29.3 Å². The molecule has 24 heavy (non-hydrogen) atoms. The maximum atomic E-state index is 12.5. The maximum absolute atomic E-state index is 12.5. The first-order valence-electron chi connectivity index (χ1n) is 7.08. The summed E-state index contributed by atoms with van der Waals surface area (Å²) in [6, 6.07) is 4.62. The number of anilines is 2. The van der Waals surface area contributed by atoms with Crippen LogP contribution in [0.2, 0.25) is 10.3 Å².